The molecule has 0 atom stereocenters. The molecule has 0 unspecified atom stereocenters. The zero-order valence-electron chi connectivity index (χ0n) is 21.6. The molecule has 1 aromatic heterocycles. The van der Waals surface area contributed by atoms with Gasteiger partial charge >= 0.3 is 5.97 Å². The molecule has 0 saturated heterocycles. The smallest absolute Gasteiger partial charge is 0.303 e. The van der Waals surface area contributed by atoms with Crippen LogP contribution < -0.4 is 4.90 Å². The van der Waals surface area contributed by atoms with E-state index in [2.05, 4.69) is 18.7 Å². The fourth-order valence-electron chi connectivity index (χ4n) is 4.09. The molecule has 7 heteroatoms. The summed E-state index contributed by atoms with van der Waals surface area (Å²) in [5.41, 5.74) is 3.14. The van der Waals surface area contributed by atoms with E-state index in [9.17, 15) is 4.79 Å². The third-order valence-corrected chi connectivity index (χ3v) is 6.14. The molecule has 0 aliphatic heterocycles. The predicted octanol–water partition coefficient (Wildman–Crippen LogP) is 6.98. The van der Waals surface area contributed by atoms with Crippen molar-refractivity contribution in [3.05, 3.63) is 65.8 Å². The van der Waals surface area contributed by atoms with Crippen LogP contribution in [0.1, 0.15) is 47.0 Å². The van der Waals surface area contributed by atoms with Crippen LogP contribution in [0.15, 0.2) is 60.7 Å². The molecule has 0 aliphatic rings. The number of aromatic nitrogens is 2. The standard InChI is InChI=1S/C29H36ClN3O3/c1-21(2)33(17-11-12-18-36-20-29(3,4)19-24(34)35)28-27(30)31-25(22-13-7-5-8-14-22)26(32-28)23-15-9-6-10-16-23/h5-10,13-16,21H,11-12,17-20H2,1-4H3,(H,34,35). The van der Waals surface area contributed by atoms with Crippen LogP contribution in [0.2, 0.25) is 5.15 Å². The minimum Gasteiger partial charge on any atom is -0.481 e. The Kier molecular flexibility index (Phi) is 9.85. The maximum absolute atomic E-state index is 11.0. The van der Waals surface area contributed by atoms with Gasteiger partial charge in [0.15, 0.2) is 11.0 Å². The number of nitrogens with zero attached hydrogens (tertiary/aromatic N) is 3. The molecular weight excluding hydrogens is 474 g/mol. The average molecular weight is 510 g/mol. The number of benzene rings is 2. The lowest BCUT2D eigenvalue weighted by atomic mass is 9.91. The van der Waals surface area contributed by atoms with Crippen molar-refractivity contribution in [2.75, 3.05) is 24.7 Å². The van der Waals surface area contributed by atoms with E-state index >= 15 is 0 Å². The molecule has 0 saturated carbocycles. The number of ether oxygens (including phenoxy) is 1. The van der Waals surface area contributed by atoms with Gasteiger partial charge < -0.3 is 14.7 Å². The third kappa shape index (κ3) is 7.77. The summed E-state index contributed by atoms with van der Waals surface area (Å²) in [7, 11) is 0. The van der Waals surface area contributed by atoms with Gasteiger partial charge in [-0.2, -0.15) is 0 Å². The van der Waals surface area contributed by atoms with Crippen molar-refractivity contribution < 1.29 is 14.6 Å². The van der Waals surface area contributed by atoms with Gasteiger partial charge in [0.25, 0.3) is 0 Å². The fourth-order valence-corrected chi connectivity index (χ4v) is 4.32. The van der Waals surface area contributed by atoms with Gasteiger partial charge in [-0.15, -0.1) is 0 Å². The molecule has 0 aliphatic carbocycles. The van der Waals surface area contributed by atoms with E-state index in [-0.39, 0.29) is 17.9 Å². The highest BCUT2D eigenvalue weighted by molar-refractivity contribution is 6.32. The lowest BCUT2D eigenvalue weighted by molar-refractivity contribution is -0.140. The summed E-state index contributed by atoms with van der Waals surface area (Å²) in [4.78, 5) is 23.0. The third-order valence-electron chi connectivity index (χ3n) is 5.89. The van der Waals surface area contributed by atoms with Crippen molar-refractivity contribution in [3.8, 4) is 22.5 Å². The highest BCUT2D eigenvalue weighted by Crippen LogP contribution is 2.35. The van der Waals surface area contributed by atoms with Crippen LogP contribution in [-0.2, 0) is 9.53 Å². The minimum absolute atomic E-state index is 0.0913. The van der Waals surface area contributed by atoms with Gasteiger partial charge in [0.2, 0.25) is 0 Å². The predicted molar refractivity (Wildman–Crippen MR) is 146 cm³/mol. The molecule has 3 rings (SSSR count). The summed E-state index contributed by atoms with van der Waals surface area (Å²) in [6.45, 7) is 9.82. The molecule has 0 fully saturated rings. The second-order valence-electron chi connectivity index (χ2n) is 10.0. The number of carboxylic acid groups (broad SMARTS) is 1. The van der Waals surface area contributed by atoms with Crippen LogP contribution in [0, 0.1) is 5.41 Å². The van der Waals surface area contributed by atoms with Gasteiger partial charge in [-0.3, -0.25) is 4.79 Å². The highest BCUT2D eigenvalue weighted by atomic mass is 35.5. The maximum atomic E-state index is 11.0. The van der Waals surface area contributed by atoms with Crippen LogP contribution >= 0.6 is 11.6 Å². The van der Waals surface area contributed by atoms with Gasteiger partial charge in [-0.25, -0.2) is 9.97 Å². The van der Waals surface area contributed by atoms with Gasteiger partial charge in [-0.1, -0.05) is 86.1 Å². The molecule has 3 aromatic rings. The fraction of sp³-hybridized carbons (Fsp3) is 0.414. The molecular formula is C29H36ClN3O3. The molecule has 1 heterocycles. The summed E-state index contributed by atoms with van der Waals surface area (Å²) in [5, 5.41) is 9.41. The van der Waals surface area contributed by atoms with Crippen molar-refractivity contribution in [2.45, 2.75) is 53.0 Å². The summed E-state index contributed by atoms with van der Waals surface area (Å²) >= 11 is 6.74. The second kappa shape index (κ2) is 12.8. The maximum Gasteiger partial charge on any atom is 0.303 e. The molecule has 1 N–H and O–H groups in total. The number of rotatable bonds is 13. The number of carbonyl (C=O) groups is 1. The Bertz CT molecular complexity index is 1120. The lowest BCUT2D eigenvalue weighted by Gasteiger charge is -2.29. The van der Waals surface area contributed by atoms with E-state index in [4.69, 9.17) is 31.4 Å². The number of unbranched alkanes of at least 4 members (excludes halogenated alkanes) is 1. The summed E-state index contributed by atoms with van der Waals surface area (Å²) in [6, 6.07) is 20.2. The zero-order valence-corrected chi connectivity index (χ0v) is 22.3. The van der Waals surface area contributed by atoms with Crippen molar-refractivity contribution in [2.24, 2.45) is 5.41 Å². The normalized spacial score (nSPS) is 11.6. The summed E-state index contributed by atoms with van der Waals surface area (Å²) in [6.07, 6.45) is 1.83. The van der Waals surface area contributed by atoms with E-state index in [0.29, 0.717) is 24.2 Å². The molecule has 36 heavy (non-hydrogen) atoms. The molecule has 0 bridgehead atoms. The van der Waals surface area contributed by atoms with Crippen molar-refractivity contribution >= 4 is 23.4 Å². The van der Waals surface area contributed by atoms with Crippen LogP contribution in [-0.4, -0.2) is 46.8 Å². The van der Waals surface area contributed by atoms with Crippen molar-refractivity contribution in [3.63, 3.8) is 0 Å². The first-order valence-electron chi connectivity index (χ1n) is 12.4. The van der Waals surface area contributed by atoms with E-state index in [1.807, 2.05) is 74.5 Å². The van der Waals surface area contributed by atoms with Gasteiger partial charge in [0.05, 0.1) is 24.4 Å². The molecule has 0 amide bonds. The summed E-state index contributed by atoms with van der Waals surface area (Å²) in [5.74, 6) is -0.129. The Hall–Kier alpha value is -2.96. The van der Waals surface area contributed by atoms with Gasteiger partial charge in [0.1, 0.15) is 0 Å². The minimum atomic E-state index is -0.803. The van der Waals surface area contributed by atoms with Crippen LogP contribution in [0.3, 0.4) is 0 Å². The van der Waals surface area contributed by atoms with E-state index < -0.39 is 5.97 Å². The summed E-state index contributed by atoms with van der Waals surface area (Å²) < 4.78 is 5.78. The Morgan fingerprint density at radius 2 is 1.53 bits per heavy atom. The first-order valence-corrected chi connectivity index (χ1v) is 12.8. The molecule has 6 nitrogen and oxygen atoms in total. The van der Waals surface area contributed by atoms with Crippen LogP contribution in [0.4, 0.5) is 5.82 Å². The van der Waals surface area contributed by atoms with E-state index in [0.717, 1.165) is 41.9 Å². The quantitative estimate of drug-likeness (QED) is 0.250. The Labute approximate surface area is 219 Å². The molecule has 192 valence electrons. The SMILES string of the molecule is CC(C)N(CCCCOCC(C)(C)CC(=O)O)c1nc(-c2ccccc2)c(-c2ccccc2)nc1Cl. The van der Waals surface area contributed by atoms with Crippen molar-refractivity contribution in [1.29, 1.82) is 0 Å². The number of hydrogen-bond donors (Lipinski definition) is 1. The van der Waals surface area contributed by atoms with E-state index in [1.54, 1.807) is 0 Å². The second-order valence-corrected chi connectivity index (χ2v) is 10.4. The van der Waals surface area contributed by atoms with Crippen LogP contribution in [0.25, 0.3) is 22.5 Å². The monoisotopic (exact) mass is 509 g/mol. The topological polar surface area (TPSA) is 75.5 Å². The molecule has 0 radical (unpaired) electrons. The lowest BCUT2D eigenvalue weighted by Crippen LogP contribution is -2.33. The largest absolute Gasteiger partial charge is 0.481 e. The number of halogens is 1. The van der Waals surface area contributed by atoms with Gasteiger partial charge in [-0.05, 0) is 32.1 Å². The highest BCUT2D eigenvalue weighted by Gasteiger charge is 2.23. The Morgan fingerprint density at radius 3 is 2.06 bits per heavy atom. The number of aliphatic carboxylic acids is 1. The van der Waals surface area contributed by atoms with E-state index in [1.165, 1.54) is 0 Å². The molecule has 2 aromatic carbocycles. The zero-order chi connectivity index (χ0) is 26.1. The first kappa shape index (κ1) is 27.6. The van der Waals surface area contributed by atoms with Crippen molar-refractivity contribution in [1.82, 2.24) is 9.97 Å². The number of hydrogen-bond acceptors (Lipinski definition) is 5. The molecule has 0 spiro atoms. The average Bonchev–Trinajstić information content (AvgIpc) is 2.84. The first-order chi connectivity index (χ1) is 17.2. The van der Waals surface area contributed by atoms with Gasteiger partial charge in [0, 0.05) is 30.3 Å². The Balaban J connectivity index is 1.76. The number of carboxylic acids is 1. The Morgan fingerprint density at radius 1 is 0.972 bits per heavy atom. The van der Waals surface area contributed by atoms with Crippen LogP contribution in [0.5, 0.6) is 0 Å². The number of anilines is 1.